The molecule has 3 N–H and O–H groups in total. The van der Waals surface area contributed by atoms with Gasteiger partial charge >= 0.3 is 0 Å². The minimum absolute atomic E-state index is 0.221. The summed E-state index contributed by atoms with van der Waals surface area (Å²) in [6.45, 7) is 2.19. The largest absolute Gasteiger partial charge is 0.444 e. The SMILES string of the molecule is CCc1cnc(CNC(=O)c2nnc(N)s2)o1. The Bertz CT molecular complexity index is 521. The second-order valence-corrected chi connectivity index (χ2v) is 4.21. The Hall–Kier alpha value is -1.96. The number of amides is 1. The van der Waals surface area contributed by atoms with Gasteiger partial charge in [0.05, 0.1) is 12.7 Å². The molecule has 0 saturated heterocycles. The number of nitrogens with one attached hydrogen (secondary N) is 1. The summed E-state index contributed by atoms with van der Waals surface area (Å²) in [5, 5.41) is 10.3. The summed E-state index contributed by atoms with van der Waals surface area (Å²) >= 11 is 1.03. The number of nitrogens with two attached hydrogens (primary N) is 1. The molecule has 0 aliphatic rings. The van der Waals surface area contributed by atoms with E-state index in [0.717, 1.165) is 23.5 Å². The fraction of sp³-hybridized carbons (Fsp3) is 0.333. The minimum Gasteiger partial charge on any atom is -0.444 e. The van der Waals surface area contributed by atoms with Crippen molar-refractivity contribution in [3.8, 4) is 0 Å². The van der Waals surface area contributed by atoms with Gasteiger partial charge in [-0.2, -0.15) is 0 Å². The first kappa shape index (κ1) is 11.5. The van der Waals surface area contributed by atoms with E-state index in [4.69, 9.17) is 10.2 Å². The molecular formula is C9H11N5O2S. The van der Waals surface area contributed by atoms with E-state index in [2.05, 4.69) is 20.5 Å². The summed E-state index contributed by atoms with van der Waals surface area (Å²) in [4.78, 5) is 15.6. The number of rotatable bonds is 4. The van der Waals surface area contributed by atoms with E-state index in [0.29, 0.717) is 5.89 Å². The molecule has 0 saturated carbocycles. The Morgan fingerprint density at radius 1 is 1.59 bits per heavy atom. The zero-order valence-corrected chi connectivity index (χ0v) is 9.95. The third kappa shape index (κ3) is 2.78. The Balaban J connectivity index is 1.92. The van der Waals surface area contributed by atoms with Crippen LogP contribution in [0.4, 0.5) is 5.13 Å². The Morgan fingerprint density at radius 3 is 3.00 bits per heavy atom. The molecule has 0 atom stereocenters. The van der Waals surface area contributed by atoms with Crippen molar-refractivity contribution in [1.29, 1.82) is 0 Å². The second-order valence-electron chi connectivity index (χ2n) is 3.20. The van der Waals surface area contributed by atoms with Gasteiger partial charge in [0.25, 0.3) is 5.91 Å². The topological polar surface area (TPSA) is 107 Å². The lowest BCUT2D eigenvalue weighted by atomic mass is 10.4. The molecule has 17 heavy (non-hydrogen) atoms. The number of hydrogen-bond acceptors (Lipinski definition) is 7. The molecule has 90 valence electrons. The van der Waals surface area contributed by atoms with Crippen LogP contribution in [0.25, 0.3) is 0 Å². The number of nitrogens with zero attached hydrogens (tertiary/aromatic N) is 3. The van der Waals surface area contributed by atoms with Crippen molar-refractivity contribution in [3.05, 3.63) is 22.9 Å². The molecule has 1 amide bonds. The van der Waals surface area contributed by atoms with Crippen LogP contribution >= 0.6 is 11.3 Å². The third-order valence-corrected chi connectivity index (χ3v) is 2.74. The predicted molar refractivity (Wildman–Crippen MR) is 61.4 cm³/mol. The third-order valence-electron chi connectivity index (χ3n) is 1.98. The standard InChI is InChI=1S/C9H11N5O2S/c1-2-5-3-11-6(16-5)4-12-7(15)8-13-14-9(10)17-8/h3H,2,4H2,1H3,(H2,10,14)(H,12,15). The van der Waals surface area contributed by atoms with Crippen molar-refractivity contribution < 1.29 is 9.21 Å². The van der Waals surface area contributed by atoms with Gasteiger partial charge in [-0.3, -0.25) is 4.79 Å². The lowest BCUT2D eigenvalue weighted by molar-refractivity contribution is 0.0946. The van der Waals surface area contributed by atoms with E-state index >= 15 is 0 Å². The molecule has 2 aromatic rings. The van der Waals surface area contributed by atoms with Crippen LogP contribution in [0.1, 0.15) is 28.4 Å². The lowest BCUT2D eigenvalue weighted by Gasteiger charge is -1.97. The van der Waals surface area contributed by atoms with E-state index < -0.39 is 0 Å². The second kappa shape index (κ2) is 4.91. The Kier molecular flexibility index (Phi) is 3.33. The van der Waals surface area contributed by atoms with Crippen LogP contribution in [-0.4, -0.2) is 21.1 Å². The fourth-order valence-corrected chi connectivity index (χ4v) is 1.68. The molecular weight excluding hydrogens is 242 g/mol. The normalized spacial score (nSPS) is 10.4. The molecule has 0 aromatic carbocycles. The predicted octanol–water partition coefficient (Wildman–Crippen LogP) is 0.601. The van der Waals surface area contributed by atoms with Crippen LogP contribution < -0.4 is 11.1 Å². The molecule has 0 radical (unpaired) electrons. The zero-order chi connectivity index (χ0) is 12.3. The first-order chi connectivity index (χ1) is 8.19. The number of carbonyl (C=O) groups is 1. The van der Waals surface area contributed by atoms with Crippen LogP contribution in [0, 0.1) is 0 Å². The molecule has 2 heterocycles. The van der Waals surface area contributed by atoms with Gasteiger partial charge < -0.3 is 15.5 Å². The molecule has 0 aliphatic heterocycles. The van der Waals surface area contributed by atoms with E-state index in [-0.39, 0.29) is 22.6 Å². The van der Waals surface area contributed by atoms with Crippen LogP contribution in [0.2, 0.25) is 0 Å². The fourth-order valence-electron chi connectivity index (χ4n) is 1.15. The Labute approximate surface area is 101 Å². The summed E-state index contributed by atoms with van der Waals surface area (Å²) in [6, 6.07) is 0. The van der Waals surface area contributed by atoms with E-state index in [9.17, 15) is 4.79 Å². The highest BCUT2D eigenvalue weighted by atomic mass is 32.1. The maximum absolute atomic E-state index is 11.6. The number of anilines is 1. The van der Waals surface area contributed by atoms with Gasteiger partial charge in [-0.1, -0.05) is 18.3 Å². The number of hydrogen-bond donors (Lipinski definition) is 2. The molecule has 8 heteroatoms. The molecule has 2 aromatic heterocycles. The average Bonchev–Trinajstić information content (AvgIpc) is 2.94. The minimum atomic E-state index is -0.338. The zero-order valence-electron chi connectivity index (χ0n) is 9.14. The molecule has 0 spiro atoms. The van der Waals surface area contributed by atoms with Crippen LogP contribution in [-0.2, 0) is 13.0 Å². The summed E-state index contributed by atoms with van der Waals surface area (Å²) in [5.74, 6) is 0.914. The monoisotopic (exact) mass is 253 g/mol. The van der Waals surface area contributed by atoms with Gasteiger partial charge in [0, 0.05) is 6.42 Å². The van der Waals surface area contributed by atoms with Crippen molar-refractivity contribution in [1.82, 2.24) is 20.5 Å². The molecule has 7 nitrogen and oxygen atoms in total. The number of nitrogen functional groups attached to an aromatic ring is 1. The van der Waals surface area contributed by atoms with Gasteiger partial charge in [0.1, 0.15) is 5.76 Å². The van der Waals surface area contributed by atoms with Crippen LogP contribution in [0.3, 0.4) is 0 Å². The maximum Gasteiger partial charge on any atom is 0.282 e. The first-order valence-corrected chi connectivity index (χ1v) is 5.81. The molecule has 0 bridgehead atoms. The van der Waals surface area contributed by atoms with E-state index in [1.54, 1.807) is 6.20 Å². The highest BCUT2D eigenvalue weighted by molar-refractivity contribution is 7.16. The van der Waals surface area contributed by atoms with Crippen molar-refractivity contribution >= 4 is 22.4 Å². The van der Waals surface area contributed by atoms with E-state index in [1.165, 1.54) is 0 Å². The highest BCUT2D eigenvalue weighted by Crippen LogP contribution is 2.10. The molecule has 0 unspecified atom stereocenters. The Morgan fingerprint density at radius 2 is 2.41 bits per heavy atom. The highest BCUT2D eigenvalue weighted by Gasteiger charge is 2.12. The van der Waals surface area contributed by atoms with E-state index in [1.807, 2.05) is 6.92 Å². The molecule has 0 aliphatic carbocycles. The van der Waals surface area contributed by atoms with Gasteiger partial charge in [0.15, 0.2) is 0 Å². The summed E-state index contributed by atoms with van der Waals surface area (Å²) < 4.78 is 5.34. The summed E-state index contributed by atoms with van der Waals surface area (Å²) in [5.41, 5.74) is 5.38. The smallest absolute Gasteiger partial charge is 0.282 e. The van der Waals surface area contributed by atoms with Crippen molar-refractivity contribution in [3.63, 3.8) is 0 Å². The van der Waals surface area contributed by atoms with Gasteiger partial charge in [0.2, 0.25) is 16.0 Å². The number of oxazole rings is 1. The first-order valence-electron chi connectivity index (χ1n) is 4.99. The lowest BCUT2D eigenvalue weighted by Crippen LogP contribution is -2.22. The quantitative estimate of drug-likeness (QED) is 0.826. The number of aryl methyl sites for hydroxylation is 1. The average molecular weight is 253 g/mol. The molecule has 2 rings (SSSR count). The van der Waals surface area contributed by atoms with Crippen LogP contribution in [0.5, 0.6) is 0 Å². The maximum atomic E-state index is 11.6. The van der Waals surface area contributed by atoms with Crippen molar-refractivity contribution in [2.24, 2.45) is 0 Å². The van der Waals surface area contributed by atoms with Crippen molar-refractivity contribution in [2.45, 2.75) is 19.9 Å². The number of carbonyl (C=O) groups excluding carboxylic acids is 1. The van der Waals surface area contributed by atoms with Gasteiger partial charge in [-0.15, -0.1) is 10.2 Å². The van der Waals surface area contributed by atoms with Gasteiger partial charge in [-0.05, 0) is 0 Å². The molecule has 0 fully saturated rings. The van der Waals surface area contributed by atoms with Crippen LogP contribution in [0.15, 0.2) is 10.6 Å². The number of aromatic nitrogens is 3. The van der Waals surface area contributed by atoms with Gasteiger partial charge in [-0.25, -0.2) is 4.98 Å². The summed E-state index contributed by atoms with van der Waals surface area (Å²) in [6.07, 6.45) is 2.41. The van der Waals surface area contributed by atoms with Crippen molar-refractivity contribution in [2.75, 3.05) is 5.73 Å². The summed E-state index contributed by atoms with van der Waals surface area (Å²) in [7, 11) is 0.